The summed E-state index contributed by atoms with van der Waals surface area (Å²) in [6, 6.07) is 42.8. The Balaban J connectivity index is 1.75. The Morgan fingerprint density at radius 3 is 1.53 bits per heavy atom. The van der Waals surface area contributed by atoms with Crippen molar-refractivity contribution in [2.75, 3.05) is 0 Å². The van der Waals surface area contributed by atoms with Gasteiger partial charge in [-0.1, -0.05) is 0 Å². The SMILES string of the molecule is Fc1ccc(-c2ccnc(CP(Br)(c3ccccc3)(c3ccccc3)c3ccccc3)c2)cc1. The molecule has 1 nitrogen and oxygen atoms in total. The normalized spacial score (nSPS) is 12.6. The van der Waals surface area contributed by atoms with Crippen LogP contribution in [0.4, 0.5) is 4.39 Å². The second kappa shape index (κ2) is 9.25. The van der Waals surface area contributed by atoms with Crippen LogP contribution in [0.3, 0.4) is 0 Å². The Morgan fingerprint density at radius 1 is 0.588 bits per heavy atom. The molecule has 1 aromatic heterocycles. The molecule has 168 valence electrons. The molecule has 5 aromatic rings. The fourth-order valence-corrected chi connectivity index (χ4v) is 12.1. The molecule has 0 atom stereocenters. The summed E-state index contributed by atoms with van der Waals surface area (Å²) in [6.07, 6.45) is 2.56. The van der Waals surface area contributed by atoms with Crippen LogP contribution in [0.15, 0.2) is 134 Å². The minimum atomic E-state index is -3.13. The standard InChI is InChI=1S/C30H24BrFNP/c31-34(28-10-4-1-5-11-28,29-12-6-2-7-13-29,30-14-8-3-9-15-30)23-27-22-25(20-21-33-27)24-16-18-26(32)19-17-24/h1-22H,23H2. The van der Waals surface area contributed by atoms with Gasteiger partial charge in [0.2, 0.25) is 0 Å². The van der Waals surface area contributed by atoms with E-state index < -0.39 is 5.31 Å². The van der Waals surface area contributed by atoms with Crippen molar-refractivity contribution in [3.8, 4) is 11.1 Å². The van der Waals surface area contributed by atoms with Crippen LogP contribution < -0.4 is 15.9 Å². The Bertz CT molecular complexity index is 1290. The number of halogens is 2. The number of benzene rings is 4. The summed E-state index contributed by atoms with van der Waals surface area (Å²) in [5.41, 5.74) is 2.98. The van der Waals surface area contributed by atoms with Crippen LogP contribution in [0.1, 0.15) is 5.69 Å². The molecular weight excluding hydrogens is 504 g/mol. The summed E-state index contributed by atoms with van der Waals surface area (Å²) >= 11 is 4.49. The van der Waals surface area contributed by atoms with E-state index in [0.29, 0.717) is 6.16 Å². The number of pyridine rings is 1. The van der Waals surface area contributed by atoms with Gasteiger partial charge in [0.15, 0.2) is 0 Å². The van der Waals surface area contributed by atoms with E-state index in [-0.39, 0.29) is 5.82 Å². The third-order valence-electron chi connectivity index (χ3n) is 6.34. The molecule has 0 aliphatic rings. The van der Waals surface area contributed by atoms with Gasteiger partial charge in [0.25, 0.3) is 0 Å². The topological polar surface area (TPSA) is 12.9 Å². The van der Waals surface area contributed by atoms with E-state index in [2.05, 4.69) is 113 Å². The predicted octanol–water partition coefficient (Wildman–Crippen LogP) is 7.23. The van der Waals surface area contributed by atoms with Gasteiger partial charge in [-0.15, -0.1) is 0 Å². The molecule has 0 fully saturated rings. The first-order chi connectivity index (χ1) is 16.6. The number of rotatable bonds is 6. The number of nitrogens with zero attached hydrogens (tertiary/aromatic N) is 1. The maximum absolute atomic E-state index is 13.5. The molecule has 0 aliphatic heterocycles. The maximum atomic E-state index is 13.5. The average molecular weight is 528 g/mol. The second-order valence-corrected chi connectivity index (χ2v) is 17.3. The van der Waals surface area contributed by atoms with Gasteiger partial charge in [0.1, 0.15) is 0 Å². The fourth-order valence-electron chi connectivity index (χ4n) is 4.63. The molecule has 0 aliphatic carbocycles. The van der Waals surface area contributed by atoms with Crippen molar-refractivity contribution in [3.63, 3.8) is 0 Å². The van der Waals surface area contributed by atoms with E-state index in [9.17, 15) is 4.39 Å². The Morgan fingerprint density at radius 2 is 1.06 bits per heavy atom. The first-order valence-corrected chi connectivity index (χ1v) is 15.6. The van der Waals surface area contributed by atoms with Gasteiger partial charge < -0.3 is 0 Å². The molecule has 0 unspecified atom stereocenters. The number of aromatic nitrogens is 1. The quantitative estimate of drug-likeness (QED) is 0.212. The number of hydrogen-bond acceptors (Lipinski definition) is 1. The summed E-state index contributed by atoms with van der Waals surface area (Å²) < 4.78 is 13.5. The summed E-state index contributed by atoms with van der Waals surface area (Å²) in [4.78, 5) is 4.82. The van der Waals surface area contributed by atoms with Crippen molar-refractivity contribution in [2.24, 2.45) is 0 Å². The van der Waals surface area contributed by atoms with E-state index in [1.165, 1.54) is 28.0 Å². The molecule has 0 amide bonds. The van der Waals surface area contributed by atoms with E-state index in [4.69, 9.17) is 4.98 Å². The Labute approximate surface area is 208 Å². The molecule has 5 rings (SSSR count). The average Bonchev–Trinajstić information content (AvgIpc) is 2.91. The predicted molar refractivity (Wildman–Crippen MR) is 147 cm³/mol. The van der Waals surface area contributed by atoms with Crippen LogP contribution in [-0.2, 0) is 6.16 Å². The second-order valence-electron chi connectivity index (χ2n) is 8.39. The van der Waals surface area contributed by atoms with Crippen LogP contribution in [0.25, 0.3) is 11.1 Å². The van der Waals surface area contributed by atoms with Crippen molar-refractivity contribution in [2.45, 2.75) is 6.16 Å². The van der Waals surface area contributed by atoms with Gasteiger partial charge in [-0.25, -0.2) is 0 Å². The van der Waals surface area contributed by atoms with Crippen molar-refractivity contribution in [1.82, 2.24) is 4.98 Å². The molecule has 34 heavy (non-hydrogen) atoms. The van der Waals surface area contributed by atoms with Crippen LogP contribution >= 0.6 is 20.8 Å². The summed E-state index contributed by atoms with van der Waals surface area (Å²) in [6.45, 7) is 0. The monoisotopic (exact) mass is 527 g/mol. The van der Waals surface area contributed by atoms with Gasteiger partial charge in [-0.3, -0.25) is 0 Å². The third-order valence-corrected chi connectivity index (χ3v) is 15.8. The first-order valence-electron chi connectivity index (χ1n) is 11.2. The fraction of sp³-hybridized carbons (Fsp3) is 0.0333. The summed E-state index contributed by atoms with van der Waals surface area (Å²) in [5.74, 6) is -0.236. The van der Waals surface area contributed by atoms with E-state index in [0.717, 1.165) is 16.8 Å². The molecule has 0 bridgehead atoms. The van der Waals surface area contributed by atoms with Gasteiger partial charge >= 0.3 is 208 Å². The molecule has 0 N–H and O–H groups in total. The minimum absolute atomic E-state index is 0.236. The zero-order chi connectivity index (χ0) is 23.5. The molecule has 0 spiro atoms. The van der Waals surface area contributed by atoms with Crippen molar-refractivity contribution in [1.29, 1.82) is 0 Å². The molecular formula is C30H24BrFNP. The van der Waals surface area contributed by atoms with Gasteiger partial charge in [0, 0.05) is 0 Å². The molecule has 1 heterocycles. The van der Waals surface area contributed by atoms with Gasteiger partial charge in [0.05, 0.1) is 0 Å². The van der Waals surface area contributed by atoms with Crippen LogP contribution in [0.5, 0.6) is 0 Å². The van der Waals surface area contributed by atoms with Crippen LogP contribution in [0, 0.1) is 5.82 Å². The van der Waals surface area contributed by atoms with Crippen LogP contribution in [-0.4, -0.2) is 4.98 Å². The molecule has 0 saturated heterocycles. The van der Waals surface area contributed by atoms with Gasteiger partial charge in [-0.2, -0.15) is 0 Å². The van der Waals surface area contributed by atoms with Crippen molar-refractivity contribution in [3.05, 3.63) is 145 Å². The zero-order valence-corrected chi connectivity index (χ0v) is 21.0. The summed E-state index contributed by atoms with van der Waals surface area (Å²) in [5, 5.41) is 0.622. The van der Waals surface area contributed by atoms with Crippen LogP contribution in [0.2, 0.25) is 0 Å². The summed E-state index contributed by atoms with van der Waals surface area (Å²) in [7, 11) is 0. The molecule has 4 heteroatoms. The third kappa shape index (κ3) is 4.00. The first kappa shape index (κ1) is 22.7. The molecule has 0 saturated carbocycles. The molecule has 0 radical (unpaired) electrons. The van der Waals surface area contributed by atoms with Crippen molar-refractivity contribution >= 4 is 36.7 Å². The van der Waals surface area contributed by atoms with E-state index >= 15 is 0 Å². The van der Waals surface area contributed by atoms with Crippen molar-refractivity contribution < 1.29 is 4.39 Å². The van der Waals surface area contributed by atoms with Gasteiger partial charge in [-0.05, 0) is 0 Å². The number of hydrogen-bond donors (Lipinski definition) is 0. The van der Waals surface area contributed by atoms with E-state index in [1.807, 2.05) is 24.4 Å². The zero-order valence-electron chi connectivity index (χ0n) is 18.6. The Kier molecular flexibility index (Phi) is 6.16. The molecule has 4 aromatic carbocycles. The Hall–Kier alpha value is -3.13. The van der Waals surface area contributed by atoms with E-state index in [1.54, 1.807) is 0 Å².